The minimum Gasteiger partial charge on any atom is -0.320 e. The highest BCUT2D eigenvalue weighted by Gasteiger charge is 1.90. The molecule has 0 aliphatic rings. The summed E-state index contributed by atoms with van der Waals surface area (Å²) in [6.45, 7) is 3.41. The third-order valence-corrected chi connectivity index (χ3v) is 1.85. The van der Waals surface area contributed by atoms with E-state index in [0.29, 0.717) is 0 Å². The fraction of sp³-hybridized carbons (Fsp3) is 1.00. The number of hydrogen-bond acceptors (Lipinski definition) is 1. The molecule has 0 bridgehead atoms. The molecule has 0 atom stereocenters. The lowest BCUT2D eigenvalue weighted by molar-refractivity contribution is 0.708. The highest BCUT2D eigenvalue weighted by Crippen LogP contribution is 2.00. The van der Waals surface area contributed by atoms with E-state index in [9.17, 15) is 0 Å². The van der Waals surface area contributed by atoms with Crippen LogP contribution < -0.4 is 5.32 Å². The Labute approximate surface area is 72.2 Å². The standard InChI is InChI=1S/C9H21BN/c1-3-4-7-10-8-5-6-9-11-2/h11H,3-9H2,1-2H3. The van der Waals surface area contributed by atoms with Crippen LogP contribution in [-0.2, 0) is 0 Å². The van der Waals surface area contributed by atoms with Crippen molar-refractivity contribution in [2.75, 3.05) is 13.6 Å². The first-order valence-corrected chi connectivity index (χ1v) is 4.88. The van der Waals surface area contributed by atoms with Gasteiger partial charge in [-0.2, -0.15) is 0 Å². The van der Waals surface area contributed by atoms with Crippen molar-refractivity contribution in [1.29, 1.82) is 0 Å². The van der Waals surface area contributed by atoms with E-state index < -0.39 is 0 Å². The van der Waals surface area contributed by atoms with Gasteiger partial charge in [-0.25, -0.2) is 0 Å². The van der Waals surface area contributed by atoms with Gasteiger partial charge in [0, 0.05) is 0 Å². The molecule has 1 nitrogen and oxygen atoms in total. The summed E-state index contributed by atoms with van der Waals surface area (Å²) in [7, 11) is 4.44. The topological polar surface area (TPSA) is 12.0 Å². The molecule has 65 valence electrons. The molecule has 0 aliphatic heterocycles. The van der Waals surface area contributed by atoms with Gasteiger partial charge in [-0.1, -0.05) is 38.8 Å². The van der Waals surface area contributed by atoms with Gasteiger partial charge in [0.15, 0.2) is 0 Å². The summed E-state index contributed by atoms with van der Waals surface area (Å²) in [5.41, 5.74) is 0. The normalized spacial score (nSPS) is 10.0. The fourth-order valence-corrected chi connectivity index (χ4v) is 1.08. The molecule has 0 aromatic rings. The molecule has 0 amide bonds. The molecular weight excluding hydrogens is 133 g/mol. The molecule has 1 radical (unpaired) electrons. The van der Waals surface area contributed by atoms with Crippen molar-refractivity contribution in [2.45, 2.75) is 45.2 Å². The summed E-state index contributed by atoms with van der Waals surface area (Å²) in [6.07, 6.45) is 7.99. The van der Waals surface area contributed by atoms with Gasteiger partial charge >= 0.3 is 0 Å². The zero-order valence-electron chi connectivity index (χ0n) is 8.03. The highest BCUT2D eigenvalue weighted by molar-refractivity contribution is 6.35. The Kier molecular flexibility index (Phi) is 10.0. The van der Waals surface area contributed by atoms with Crippen LogP contribution in [0, 0.1) is 0 Å². The van der Waals surface area contributed by atoms with Crippen molar-refractivity contribution in [3.05, 3.63) is 0 Å². The van der Waals surface area contributed by atoms with Crippen LogP contribution in [0.25, 0.3) is 0 Å². The van der Waals surface area contributed by atoms with E-state index in [0.717, 1.165) is 0 Å². The molecule has 0 saturated carbocycles. The predicted molar refractivity (Wildman–Crippen MR) is 53.4 cm³/mol. The van der Waals surface area contributed by atoms with E-state index >= 15 is 0 Å². The van der Waals surface area contributed by atoms with Gasteiger partial charge in [0.25, 0.3) is 0 Å². The van der Waals surface area contributed by atoms with Crippen LogP contribution in [0.2, 0.25) is 12.6 Å². The van der Waals surface area contributed by atoms with Gasteiger partial charge in [-0.05, 0) is 20.0 Å². The van der Waals surface area contributed by atoms with Crippen molar-refractivity contribution in [3.8, 4) is 0 Å². The van der Waals surface area contributed by atoms with Crippen molar-refractivity contribution >= 4 is 7.28 Å². The van der Waals surface area contributed by atoms with E-state index in [1.165, 1.54) is 44.9 Å². The molecule has 11 heavy (non-hydrogen) atoms. The van der Waals surface area contributed by atoms with E-state index in [2.05, 4.69) is 19.5 Å². The zero-order chi connectivity index (χ0) is 8.36. The van der Waals surface area contributed by atoms with Crippen LogP contribution in [0.4, 0.5) is 0 Å². The monoisotopic (exact) mass is 154 g/mol. The quantitative estimate of drug-likeness (QED) is 0.418. The summed E-state index contributed by atoms with van der Waals surface area (Å²) in [5.74, 6) is 0. The number of rotatable bonds is 8. The predicted octanol–water partition coefficient (Wildman–Crippen LogP) is 2.33. The molecule has 0 fully saturated rings. The minimum absolute atomic E-state index is 1.17. The number of hydrogen-bond donors (Lipinski definition) is 1. The molecule has 0 unspecified atom stereocenters. The Balaban J connectivity index is 2.69. The largest absolute Gasteiger partial charge is 0.320 e. The van der Waals surface area contributed by atoms with Gasteiger partial charge in [0.2, 0.25) is 0 Å². The molecule has 0 aliphatic carbocycles. The van der Waals surface area contributed by atoms with Crippen LogP contribution in [-0.4, -0.2) is 20.9 Å². The molecule has 0 aromatic heterocycles. The van der Waals surface area contributed by atoms with Crippen LogP contribution in [0.5, 0.6) is 0 Å². The SMILES string of the molecule is CCCC[B]CCCCNC. The molecule has 0 spiro atoms. The van der Waals surface area contributed by atoms with Crippen molar-refractivity contribution < 1.29 is 0 Å². The fourth-order valence-electron chi connectivity index (χ4n) is 1.08. The highest BCUT2D eigenvalue weighted by atomic mass is 14.8. The molecule has 0 rings (SSSR count). The third kappa shape index (κ3) is 10.0. The Morgan fingerprint density at radius 2 is 1.82 bits per heavy atom. The van der Waals surface area contributed by atoms with E-state index in [4.69, 9.17) is 0 Å². The lowest BCUT2D eigenvalue weighted by Gasteiger charge is -1.98. The first-order chi connectivity index (χ1) is 5.41. The molecular formula is C9H21BN. The second kappa shape index (κ2) is 10.0. The maximum atomic E-state index is 3.16. The lowest BCUT2D eigenvalue weighted by atomic mass is 9.68. The van der Waals surface area contributed by atoms with Crippen molar-refractivity contribution in [1.82, 2.24) is 5.32 Å². The van der Waals surface area contributed by atoms with E-state index in [1.54, 1.807) is 0 Å². The van der Waals surface area contributed by atoms with Gasteiger partial charge in [0.1, 0.15) is 7.28 Å². The Bertz CT molecular complexity index is 58.6. The van der Waals surface area contributed by atoms with Gasteiger partial charge in [-0.15, -0.1) is 0 Å². The maximum absolute atomic E-state index is 3.16. The number of unbranched alkanes of at least 4 members (excludes halogenated alkanes) is 2. The average Bonchev–Trinajstić information content (AvgIpc) is 2.03. The molecule has 0 aromatic carbocycles. The van der Waals surface area contributed by atoms with Crippen LogP contribution in [0.1, 0.15) is 32.6 Å². The Hall–Kier alpha value is 0.0249. The lowest BCUT2D eigenvalue weighted by Crippen LogP contribution is -2.07. The molecule has 2 heteroatoms. The number of nitrogens with one attached hydrogen (secondary N) is 1. The van der Waals surface area contributed by atoms with Crippen molar-refractivity contribution in [3.63, 3.8) is 0 Å². The van der Waals surface area contributed by atoms with E-state index in [-0.39, 0.29) is 0 Å². The third-order valence-electron chi connectivity index (χ3n) is 1.85. The second-order valence-corrected chi connectivity index (χ2v) is 3.03. The molecule has 0 heterocycles. The zero-order valence-corrected chi connectivity index (χ0v) is 8.03. The van der Waals surface area contributed by atoms with Gasteiger partial charge in [-0.3, -0.25) is 0 Å². The average molecular weight is 154 g/mol. The first-order valence-electron chi connectivity index (χ1n) is 4.88. The Morgan fingerprint density at radius 1 is 1.09 bits per heavy atom. The maximum Gasteiger partial charge on any atom is 0.109 e. The summed E-state index contributed by atoms with van der Waals surface area (Å²) < 4.78 is 0. The summed E-state index contributed by atoms with van der Waals surface area (Å²) in [4.78, 5) is 0. The molecule has 0 saturated heterocycles. The summed E-state index contributed by atoms with van der Waals surface area (Å²) in [5, 5.41) is 3.16. The van der Waals surface area contributed by atoms with Crippen LogP contribution >= 0.6 is 0 Å². The van der Waals surface area contributed by atoms with Crippen LogP contribution in [0.3, 0.4) is 0 Å². The van der Waals surface area contributed by atoms with Gasteiger partial charge in [0.05, 0.1) is 0 Å². The van der Waals surface area contributed by atoms with Gasteiger partial charge < -0.3 is 5.32 Å². The van der Waals surface area contributed by atoms with E-state index in [1.807, 2.05) is 7.05 Å². The smallest absolute Gasteiger partial charge is 0.109 e. The second-order valence-electron chi connectivity index (χ2n) is 3.03. The summed E-state index contributed by atoms with van der Waals surface area (Å²) in [6, 6.07) is 0. The molecule has 1 N–H and O–H groups in total. The summed E-state index contributed by atoms with van der Waals surface area (Å²) >= 11 is 0. The van der Waals surface area contributed by atoms with Crippen molar-refractivity contribution in [2.24, 2.45) is 0 Å². The van der Waals surface area contributed by atoms with Crippen LogP contribution in [0.15, 0.2) is 0 Å². The first kappa shape index (κ1) is 11.0. The Morgan fingerprint density at radius 3 is 2.45 bits per heavy atom. The minimum atomic E-state index is 1.17.